The summed E-state index contributed by atoms with van der Waals surface area (Å²) in [6.07, 6.45) is 0.303. The number of benzene rings is 3. The molecule has 42 heavy (non-hydrogen) atoms. The van der Waals surface area contributed by atoms with Gasteiger partial charge in [-0.15, -0.1) is 0 Å². The topological polar surface area (TPSA) is 96.0 Å². The highest BCUT2D eigenvalue weighted by molar-refractivity contribution is 7.92. The maximum atomic E-state index is 14.2. The number of carbonyl (C=O) groups is 2. The second-order valence-electron chi connectivity index (χ2n) is 11.0. The van der Waals surface area contributed by atoms with Crippen molar-refractivity contribution in [3.8, 4) is 5.75 Å². The quantitative estimate of drug-likeness (QED) is 0.270. The van der Waals surface area contributed by atoms with Gasteiger partial charge >= 0.3 is 0 Å². The number of halogens is 2. The van der Waals surface area contributed by atoms with Crippen molar-refractivity contribution >= 4 is 50.7 Å². The molecule has 0 spiro atoms. The Bertz CT molecular complexity index is 1480. The fourth-order valence-corrected chi connectivity index (χ4v) is 6.26. The second-order valence-corrected chi connectivity index (χ2v) is 13.7. The zero-order valence-corrected chi connectivity index (χ0v) is 27.0. The van der Waals surface area contributed by atoms with Crippen molar-refractivity contribution in [3.05, 3.63) is 87.9 Å². The summed E-state index contributed by atoms with van der Waals surface area (Å²) in [7, 11) is -2.69. The molecule has 8 nitrogen and oxygen atoms in total. The first-order chi connectivity index (χ1) is 19.6. The number of nitrogens with zero attached hydrogens (tertiary/aromatic N) is 2. The summed E-state index contributed by atoms with van der Waals surface area (Å²) < 4.78 is 34.2. The first-order valence-corrected chi connectivity index (χ1v) is 15.6. The molecule has 11 heteroatoms. The average molecular weight is 635 g/mol. The molecule has 0 aliphatic heterocycles. The van der Waals surface area contributed by atoms with Crippen molar-refractivity contribution in [2.24, 2.45) is 0 Å². The van der Waals surface area contributed by atoms with E-state index in [0.29, 0.717) is 12.2 Å². The van der Waals surface area contributed by atoms with Crippen molar-refractivity contribution in [2.75, 3.05) is 18.0 Å². The standard InChI is InChI=1S/C31H37Cl2N3O5S/c1-7-28(30(38)34-31(3,4)5)35(19-22-10-12-26(41-6)13-11-22)29(37)20-36(25-17-23(32)16-24(33)18-25)42(39,40)27-14-8-21(2)9-15-27/h8-18,28H,7,19-20H2,1-6H3,(H,34,38)/t28-/m1/s1. The molecule has 0 saturated heterocycles. The lowest BCUT2D eigenvalue weighted by Crippen LogP contribution is -2.55. The van der Waals surface area contributed by atoms with E-state index < -0.39 is 34.1 Å². The lowest BCUT2D eigenvalue weighted by molar-refractivity contribution is -0.141. The van der Waals surface area contributed by atoms with Crippen LogP contribution in [0.25, 0.3) is 0 Å². The molecule has 0 saturated carbocycles. The van der Waals surface area contributed by atoms with Crippen LogP contribution in [-0.2, 0) is 26.2 Å². The molecule has 0 fully saturated rings. The Balaban J connectivity index is 2.10. The van der Waals surface area contributed by atoms with Crippen LogP contribution < -0.4 is 14.4 Å². The highest BCUT2D eigenvalue weighted by atomic mass is 35.5. The Hall–Kier alpha value is -3.27. The molecule has 3 rings (SSSR count). The van der Waals surface area contributed by atoms with Gasteiger partial charge in [-0.25, -0.2) is 8.42 Å². The Morgan fingerprint density at radius 1 is 0.952 bits per heavy atom. The zero-order valence-electron chi connectivity index (χ0n) is 24.6. The Morgan fingerprint density at radius 3 is 2.02 bits per heavy atom. The van der Waals surface area contributed by atoms with Crippen molar-refractivity contribution < 1.29 is 22.7 Å². The van der Waals surface area contributed by atoms with Crippen LogP contribution in [-0.4, -0.2) is 50.4 Å². The van der Waals surface area contributed by atoms with Crippen LogP contribution in [0.5, 0.6) is 5.75 Å². The van der Waals surface area contributed by atoms with E-state index in [1.165, 1.54) is 35.2 Å². The van der Waals surface area contributed by atoms with Crippen molar-refractivity contribution in [1.82, 2.24) is 10.2 Å². The van der Waals surface area contributed by atoms with Gasteiger partial charge in [0.1, 0.15) is 18.3 Å². The van der Waals surface area contributed by atoms with Crippen LogP contribution in [0.4, 0.5) is 5.69 Å². The van der Waals surface area contributed by atoms with Gasteiger partial charge in [-0.2, -0.15) is 0 Å². The first-order valence-electron chi connectivity index (χ1n) is 13.4. The Kier molecular flexibility index (Phi) is 10.9. The third-order valence-electron chi connectivity index (χ3n) is 6.42. The molecule has 0 heterocycles. The number of anilines is 1. The average Bonchev–Trinajstić information content (AvgIpc) is 2.90. The summed E-state index contributed by atoms with van der Waals surface area (Å²) in [5.74, 6) is -0.276. The predicted molar refractivity (Wildman–Crippen MR) is 168 cm³/mol. The van der Waals surface area contributed by atoms with Gasteiger partial charge in [0.15, 0.2) is 0 Å². The lowest BCUT2D eigenvalue weighted by Gasteiger charge is -2.35. The largest absolute Gasteiger partial charge is 0.497 e. The third-order valence-corrected chi connectivity index (χ3v) is 8.64. The van der Waals surface area contributed by atoms with Crippen LogP contribution in [0, 0.1) is 6.92 Å². The molecule has 0 aromatic heterocycles. The summed E-state index contributed by atoms with van der Waals surface area (Å²) in [6.45, 7) is 8.68. The van der Waals surface area contributed by atoms with Gasteiger partial charge in [0.05, 0.1) is 17.7 Å². The fourth-order valence-electron chi connectivity index (χ4n) is 4.35. The van der Waals surface area contributed by atoms with E-state index in [1.807, 2.05) is 27.7 Å². The summed E-state index contributed by atoms with van der Waals surface area (Å²) >= 11 is 12.5. The highest BCUT2D eigenvalue weighted by Gasteiger charge is 2.34. The number of rotatable bonds is 11. The number of hydrogen-bond donors (Lipinski definition) is 1. The number of hydrogen-bond acceptors (Lipinski definition) is 5. The molecule has 1 N–H and O–H groups in total. The number of sulfonamides is 1. The fraction of sp³-hybridized carbons (Fsp3) is 0.355. The van der Waals surface area contributed by atoms with Gasteiger partial charge in [-0.1, -0.05) is 60.0 Å². The number of amides is 2. The number of nitrogens with one attached hydrogen (secondary N) is 1. The van der Waals surface area contributed by atoms with Gasteiger partial charge in [0.2, 0.25) is 11.8 Å². The SMILES string of the molecule is CC[C@H](C(=O)NC(C)(C)C)N(Cc1ccc(OC)cc1)C(=O)CN(c1cc(Cl)cc(Cl)c1)S(=O)(=O)c1ccc(C)cc1. The summed E-state index contributed by atoms with van der Waals surface area (Å²) in [5.41, 5.74) is 1.20. The number of ether oxygens (including phenoxy) is 1. The Labute approximate surface area is 258 Å². The van der Waals surface area contributed by atoms with Crippen molar-refractivity contribution in [2.45, 2.75) is 64.1 Å². The van der Waals surface area contributed by atoms with E-state index in [0.717, 1.165) is 15.4 Å². The van der Waals surface area contributed by atoms with Gasteiger partial charge in [0.25, 0.3) is 10.0 Å². The van der Waals surface area contributed by atoms with Crippen LogP contribution in [0.3, 0.4) is 0 Å². The van der Waals surface area contributed by atoms with E-state index in [9.17, 15) is 18.0 Å². The minimum absolute atomic E-state index is 0.00350. The summed E-state index contributed by atoms with van der Waals surface area (Å²) in [4.78, 5) is 29.0. The molecule has 0 aliphatic rings. The van der Waals surface area contributed by atoms with Crippen LogP contribution in [0.15, 0.2) is 71.6 Å². The van der Waals surface area contributed by atoms with Crippen molar-refractivity contribution in [1.29, 1.82) is 0 Å². The molecule has 0 aliphatic carbocycles. The minimum Gasteiger partial charge on any atom is -0.497 e. The first kappa shape index (κ1) is 33.2. The second kappa shape index (κ2) is 13.8. The van der Waals surface area contributed by atoms with Crippen LogP contribution in [0.1, 0.15) is 45.2 Å². The maximum Gasteiger partial charge on any atom is 0.264 e. The molecule has 0 bridgehead atoms. The van der Waals surface area contributed by atoms with E-state index in [1.54, 1.807) is 50.4 Å². The molecular weight excluding hydrogens is 597 g/mol. The van der Waals surface area contributed by atoms with E-state index in [4.69, 9.17) is 27.9 Å². The van der Waals surface area contributed by atoms with Crippen molar-refractivity contribution in [3.63, 3.8) is 0 Å². The molecule has 0 unspecified atom stereocenters. The molecule has 0 radical (unpaired) electrons. The highest BCUT2D eigenvalue weighted by Crippen LogP contribution is 2.30. The Morgan fingerprint density at radius 2 is 1.52 bits per heavy atom. The lowest BCUT2D eigenvalue weighted by atomic mass is 10.1. The van der Waals surface area contributed by atoms with Crippen LogP contribution in [0.2, 0.25) is 10.0 Å². The van der Waals surface area contributed by atoms with E-state index in [-0.39, 0.29) is 33.1 Å². The monoisotopic (exact) mass is 633 g/mol. The molecular formula is C31H37Cl2N3O5S. The van der Waals surface area contributed by atoms with E-state index >= 15 is 0 Å². The summed E-state index contributed by atoms with van der Waals surface area (Å²) in [6, 6.07) is 16.9. The molecule has 3 aromatic rings. The molecule has 3 aromatic carbocycles. The third kappa shape index (κ3) is 8.63. The zero-order chi connectivity index (χ0) is 31.2. The van der Waals surface area contributed by atoms with Gasteiger partial charge < -0.3 is 15.0 Å². The number of methoxy groups -OCH3 is 1. The normalized spacial score (nSPS) is 12.4. The van der Waals surface area contributed by atoms with Gasteiger partial charge in [-0.3, -0.25) is 13.9 Å². The predicted octanol–water partition coefficient (Wildman–Crippen LogP) is 6.23. The van der Waals surface area contributed by atoms with Gasteiger partial charge in [0, 0.05) is 22.1 Å². The number of carbonyl (C=O) groups excluding carboxylic acids is 2. The van der Waals surface area contributed by atoms with Gasteiger partial charge in [-0.05, 0) is 82.1 Å². The maximum absolute atomic E-state index is 14.2. The smallest absolute Gasteiger partial charge is 0.264 e. The summed E-state index contributed by atoms with van der Waals surface area (Å²) in [5, 5.41) is 3.37. The molecule has 226 valence electrons. The minimum atomic E-state index is -4.24. The molecule has 2 amide bonds. The van der Waals surface area contributed by atoms with Crippen LogP contribution >= 0.6 is 23.2 Å². The number of aryl methyl sites for hydroxylation is 1. The molecule has 1 atom stereocenters. The van der Waals surface area contributed by atoms with E-state index in [2.05, 4.69) is 5.32 Å².